The summed E-state index contributed by atoms with van der Waals surface area (Å²) >= 11 is 0. The Morgan fingerprint density at radius 2 is 1.53 bits per heavy atom. The molecule has 0 bridgehead atoms. The van der Waals surface area contributed by atoms with E-state index in [1.165, 1.54) is 0 Å². The molecule has 3 rings (SSSR count). The number of aliphatic hydroxyl groups excluding tert-OH is 7. The van der Waals surface area contributed by atoms with Crippen LogP contribution >= 0.6 is 0 Å². The summed E-state index contributed by atoms with van der Waals surface area (Å²) in [5, 5.41) is 98.1. The Morgan fingerprint density at radius 1 is 0.912 bits per heavy atom. The zero-order chi connectivity index (χ0) is 25.4. The highest BCUT2D eigenvalue weighted by atomic mass is 16.8. The monoisotopic (exact) mass is 494 g/mol. The molecule has 2 aliphatic rings. The van der Waals surface area contributed by atoms with Crippen molar-refractivity contribution in [2.45, 2.75) is 54.8 Å². The van der Waals surface area contributed by atoms with Crippen molar-refractivity contribution in [2.75, 3.05) is 19.8 Å². The van der Waals surface area contributed by atoms with E-state index in [0.29, 0.717) is 0 Å². The third-order valence-corrected chi connectivity index (χ3v) is 5.57. The number of rotatable bonds is 7. The smallest absolute Gasteiger partial charge is 0.338 e. The van der Waals surface area contributed by atoms with Crippen LogP contribution in [0.2, 0.25) is 0 Å². The van der Waals surface area contributed by atoms with Gasteiger partial charge in [-0.1, -0.05) is 0 Å². The Morgan fingerprint density at radius 3 is 2.06 bits per heavy atom. The van der Waals surface area contributed by atoms with Gasteiger partial charge in [0.25, 0.3) is 0 Å². The number of phenols is 3. The average Bonchev–Trinajstić information content (AvgIpc) is 3.06. The van der Waals surface area contributed by atoms with E-state index in [1.807, 2.05) is 0 Å². The second-order valence-corrected chi connectivity index (χ2v) is 7.84. The lowest BCUT2D eigenvalue weighted by Crippen LogP contribution is -2.62. The molecule has 0 amide bonds. The highest BCUT2D eigenvalue weighted by Crippen LogP contribution is 2.37. The molecule has 0 aliphatic carbocycles. The van der Waals surface area contributed by atoms with E-state index in [4.69, 9.17) is 18.9 Å². The molecule has 0 unspecified atom stereocenters. The molecule has 34 heavy (non-hydrogen) atoms. The summed E-state index contributed by atoms with van der Waals surface area (Å²) in [6.07, 6.45) is -14.0. The van der Waals surface area contributed by atoms with Crippen molar-refractivity contribution in [3.63, 3.8) is 0 Å². The van der Waals surface area contributed by atoms with Gasteiger partial charge in [0.05, 0.1) is 12.2 Å². The number of aromatic hydroxyl groups is 3. The number of ether oxygens (including phenoxy) is 4. The lowest BCUT2D eigenvalue weighted by atomic mass is 9.99. The van der Waals surface area contributed by atoms with E-state index in [-0.39, 0.29) is 5.56 Å². The molecule has 1 aromatic carbocycles. The van der Waals surface area contributed by atoms with Crippen molar-refractivity contribution >= 4 is 5.97 Å². The molecule has 192 valence electrons. The first-order valence-electron chi connectivity index (χ1n) is 10.0. The van der Waals surface area contributed by atoms with E-state index in [9.17, 15) is 55.9 Å². The van der Waals surface area contributed by atoms with Gasteiger partial charge >= 0.3 is 5.97 Å². The van der Waals surface area contributed by atoms with Crippen molar-refractivity contribution in [3.8, 4) is 17.2 Å². The van der Waals surface area contributed by atoms with Crippen molar-refractivity contribution in [3.05, 3.63) is 17.7 Å². The third kappa shape index (κ3) is 4.76. The minimum absolute atomic E-state index is 0.378. The van der Waals surface area contributed by atoms with Gasteiger partial charge in [0.1, 0.15) is 55.9 Å². The average molecular weight is 494 g/mol. The SMILES string of the molecule is O=C(OC[C@@H]1O[C@@H](O[C@@]2(CO)O[C@H](CO)[C@H](O)[C@@H]2O)[C@@H](O)[C@@H](O)[C@H]1O)c1cc(O)c(O)c(O)c1. The molecule has 10 N–H and O–H groups in total. The predicted molar refractivity (Wildman–Crippen MR) is 103 cm³/mol. The number of phenolic OH excluding ortho intramolecular Hbond substituents is 3. The zero-order valence-electron chi connectivity index (χ0n) is 17.4. The fourth-order valence-corrected chi connectivity index (χ4v) is 3.58. The van der Waals surface area contributed by atoms with Crippen LogP contribution in [0, 0.1) is 0 Å². The number of carbonyl (C=O) groups excluding carboxylic acids is 1. The maximum Gasteiger partial charge on any atom is 0.338 e. The molecule has 2 fully saturated rings. The summed E-state index contributed by atoms with van der Waals surface area (Å²) < 4.78 is 20.8. The number of benzene rings is 1. The molecule has 0 aromatic heterocycles. The Balaban J connectivity index is 1.72. The van der Waals surface area contributed by atoms with Crippen LogP contribution in [0.25, 0.3) is 0 Å². The molecule has 2 saturated heterocycles. The lowest BCUT2D eigenvalue weighted by Gasteiger charge is -2.43. The summed E-state index contributed by atoms with van der Waals surface area (Å²) in [7, 11) is 0. The summed E-state index contributed by atoms with van der Waals surface area (Å²) in [6.45, 7) is -2.57. The minimum Gasteiger partial charge on any atom is -0.504 e. The van der Waals surface area contributed by atoms with Crippen molar-refractivity contribution < 1.29 is 74.8 Å². The van der Waals surface area contributed by atoms with E-state index in [2.05, 4.69) is 0 Å². The van der Waals surface area contributed by atoms with Gasteiger partial charge in [0, 0.05) is 0 Å². The number of hydrogen-bond acceptors (Lipinski definition) is 15. The number of hydrogen-bond donors (Lipinski definition) is 10. The number of esters is 1. The molecule has 15 heteroatoms. The molecule has 2 heterocycles. The first kappa shape index (κ1) is 26.3. The molecule has 0 spiro atoms. The summed E-state index contributed by atoms with van der Waals surface area (Å²) in [6, 6.07) is 1.60. The number of carbonyl (C=O) groups is 1. The van der Waals surface area contributed by atoms with Crippen LogP contribution in [-0.4, -0.2) is 132 Å². The summed E-state index contributed by atoms with van der Waals surface area (Å²) in [5.74, 6) is -5.97. The maximum atomic E-state index is 12.2. The molecule has 15 nitrogen and oxygen atoms in total. The van der Waals surface area contributed by atoms with Crippen LogP contribution in [-0.2, 0) is 18.9 Å². The van der Waals surface area contributed by atoms with Gasteiger partial charge in [-0.05, 0) is 12.1 Å². The van der Waals surface area contributed by atoms with Crippen LogP contribution in [0.15, 0.2) is 12.1 Å². The molecule has 1 aromatic rings. The standard InChI is InChI=1S/C19H26O15/c20-3-9-13(26)16(29)19(5-21,33-9)34-18-15(28)14(27)12(25)10(32-18)4-31-17(30)6-1-7(22)11(24)8(23)2-6/h1-2,9-10,12-16,18,20-29H,3-5H2/t9-,10+,12+,13+,14+,15+,16+,18+,19-/m1/s1. The Kier molecular flexibility index (Phi) is 7.83. The van der Waals surface area contributed by atoms with E-state index >= 15 is 0 Å². The van der Waals surface area contributed by atoms with E-state index < -0.39 is 97.8 Å². The maximum absolute atomic E-state index is 12.2. The van der Waals surface area contributed by atoms with Crippen LogP contribution in [0.3, 0.4) is 0 Å². The Labute approximate surface area is 191 Å². The molecular weight excluding hydrogens is 468 g/mol. The summed E-state index contributed by atoms with van der Waals surface area (Å²) in [5.41, 5.74) is -0.378. The van der Waals surface area contributed by atoms with Gasteiger partial charge in [0.2, 0.25) is 5.79 Å². The normalized spacial score (nSPS) is 38.1. The van der Waals surface area contributed by atoms with Crippen LogP contribution < -0.4 is 0 Å². The molecule has 0 saturated carbocycles. The van der Waals surface area contributed by atoms with Gasteiger partial charge < -0.3 is 70.0 Å². The third-order valence-electron chi connectivity index (χ3n) is 5.57. The van der Waals surface area contributed by atoms with Crippen molar-refractivity contribution in [1.29, 1.82) is 0 Å². The van der Waals surface area contributed by atoms with E-state index in [1.54, 1.807) is 0 Å². The molecule has 9 atom stereocenters. The molecule has 0 radical (unpaired) electrons. The second-order valence-electron chi connectivity index (χ2n) is 7.84. The lowest BCUT2D eigenvalue weighted by molar-refractivity contribution is -0.383. The van der Waals surface area contributed by atoms with Crippen molar-refractivity contribution in [1.82, 2.24) is 0 Å². The fourth-order valence-electron chi connectivity index (χ4n) is 3.58. The highest BCUT2D eigenvalue weighted by molar-refractivity contribution is 5.91. The first-order valence-corrected chi connectivity index (χ1v) is 10.0. The van der Waals surface area contributed by atoms with Gasteiger partial charge in [-0.25, -0.2) is 4.79 Å². The molecule has 2 aliphatic heterocycles. The number of aliphatic hydroxyl groups is 7. The predicted octanol–water partition coefficient (Wildman–Crippen LogP) is -4.41. The van der Waals surface area contributed by atoms with Gasteiger partial charge in [0.15, 0.2) is 23.5 Å². The Bertz CT molecular complexity index is 856. The van der Waals surface area contributed by atoms with Crippen LogP contribution in [0.4, 0.5) is 0 Å². The fraction of sp³-hybridized carbons (Fsp3) is 0.632. The van der Waals surface area contributed by atoms with Crippen LogP contribution in [0.1, 0.15) is 10.4 Å². The topological polar surface area (TPSA) is 256 Å². The van der Waals surface area contributed by atoms with Crippen LogP contribution in [0.5, 0.6) is 17.2 Å². The zero-order valence-corrected chi connectivity index (χ0v) is 17.4. The van der Waals surface area contributed by atoms with E-state index in [0.717, 1.165) is 12.1 Å². The van der Waals surface area contributed by atoms with Gasteiger partial charge in [-0.3, -0.25) is 0 Å². The van der Waals surface area contributed by atoms with Gasteiger partial charge in [-0.15, -0.1) is 0 Å². The molecular formula is C19H26O15. The quantitative estimate of drug-likeness (QED) is 0.127. The Hall–Kier alpha value is -2.31. The summed E-state index contributed by atoms with van der Waals surface area (Å²) in [4.78, 5) is 12.2. The van der Waals surface area contributed by atoms with Crippen molar-refractivity contribution in [2.24, 2.45) is 0 Å². The first-order chi connectivity index (χ1) is 16.0. The largest absolute Gasteiger partial charge is 0.504 e. The highest BCUT2D eigenvalue weighted by Gasteiger charge is 2.58. The second kappa shape index (κ2) is 10.1. The minimum atomic E-state index is -2.37. The van der Waals surface area contributed by atoms with Gasteiger partial charge in [-0.2, -0.15) is 0 Å².